The number of carboxylic acid groups (broad SMARTS) is 1. The van der Waals surface area contributed by atoms with E-state index in [9.17, 15) is 4.79 Å². The van der Waals surface area contributed by atoms with Crippen molar-refractivity contribution in [3.63, 3.8) is 0 Å². The number of halogens is 1. The van der Waals surface area contributed by atoms with Gasteiger partial charge in [0.1, 0.15) is 4.32 Å². The molecule has 1 N–H and O–H groups in total. The summed E-state index contributed by atoms with van der Waals surface area (Å²) < 4.78 is -0.775. The van der Waals surface area contributed by atoms with Crippen LogP contribution in [-0.2, 0) is 11.2 Å². The van der Waals surface area contributed by atoms with Crippen molar-refractivity contribution < 1.29 is 9.90 Å². The van der Waals surface area contributed by atoms with Crippen molar-refractivity contribution in [3.05, 3.63) is 35.9 Å². The van der Waals surface area contributed by atoms with E-state index in [0.717, 1.165) is 6.42 Å². The van der Waals surface area contributed by atoms with E-state index in [2.05, 4.69) is 15.9 Å². The minimum absolute atomic E-state index is 0.592. The van der Waals surface area contributed by atoms with Crippen molar-refractivity contribution >= 4 is 21.9 Å². The summed E-state index contributed by atoms with van der Waals surface area (Å²) in [4.78, 5) is 11.0. The normalized spacial score (nSPS) is 14.5. The Bertz CT molecular complexity index is 324. The molecule has 1 aromatic carbocycles. The van der Waals surface area contributed by atoms with Crippen LogP contribution < -0.4 is 0 Å². The Balaban J connectivity index is 2.59. The molecule has 0 bridgehead atoms. The van der Waals surface area contributed by atoms with Crippen LogP contribution in [0.5, 0.6) is 0 Å². The smallest absolute Gasteiger partial charge is 0.320 e. The highest BCUT2D eigenvalue weighted by Crippen LogP contribution is 2.28. The molecule has 0 aliphatic heterocycles. The van der Waals surface area contributed by atoms with Crippen LogP contribution in [0.2, 0.25) is 0 Å². The fourth-order valence-corrected chi connectivity index (χ4v) is 1.62. The van der Waals surface area contributed by atoms with Crippen LogP contribution in [-0.4, -0.2) is 15.4 Å². The maximum absolute atomic E-state index is 11.0. The third kappa shape index (κ3) is 3.34. The Labute approximate surface area is 98.4 Å². The molecule has 3 heteroatoms. The molecular formula is C12H15BrO2. The zero-order chi connectivity index (χ0) is 11.3. The van der Waals surface area contributed by atoms with Crippen LogP contribution in [0.3, 0.4) is 0 Å². The first-order chi connectivity index (χ1) is 7.08. The number of alkyl halides is 1. The molecule has 1 aromatic rings. The molecule has 0 aromatic heterocycles. The number of benzene rings is 1. The van der Waals surface area contributed by atoms with Gasteiger partial charge < -0.3 is 5.11 Å². The molecule has 1 atom stereocenters. The highest BCUT2D eigenvalue weighted by atomic mass is 79.9. The Morgan fingerprint density at radius 3 is 2.47 bits per heavy atom. The number of carbonyl (C=O) groups is 1. The van der Waals surface area contributed by atoms with Crippen LogP contribution >= 0.6 is 15.9 Å². The van der Waals surface area contributed by atoms with E-state index in [1.807, 2.05) is 37.3 Å². The lowest BCUT2D eigenvalue weighted by molar-refractivity contribution is -0.139. The molecule has 0 aliphatic rings. The minimum Gasteiger partial charge on any atom is -0.480 e. The second-order valence-corrected chi connectivity index (χ2v) is 5.13. The summed E-state index contributed by atoms with van der Waals surface area (Å²) in [6, 6.07) is 9.94. The molecule has 0 aliphatic carbocycles. The maximum atomic E-state index is 11.0. The van der Waals surface area contributed by atoms with E-state index < -0.39 is 10.3 Å². The molecule has 15 heavy (non-hydrogen) atoms. The second kappa shape index (κ2) is 5.31. The first kappa shape index (κ1) is 12.2. The largest absolute Gasteiger partial charge is 0.480 e. The number of hydrogen-bond donors (Lipinski definition) is 1. The monoisotopic (exact) mass is 270 g/mol. The summed E-state index contributed by atoms with van der Waals surface area (Å²) in [7, 11) is 0. The highest BCUT2D eigenvalue weighted by Gasteiger charge is 2.32. The first-order valence-electron chi connectivity index (χ1n) is 5.05. The van der Waals surface area contributed by atoms with Gasteiger partial charge in [0.25, 0.3) is 0 Å². The summed E-state index contributed by atoms with van der Waals surface area (Å²) >= 11 is 3.31. The van der Waals surface area contributed by atoms with E-state index in [0.29, 0.717) is 12.8 Å². The summed E-state index contributed by atoms with van der Waals surface area (Å²) in [5.41, 5.74) is 1.18. The Hall–Kier alpha value is -0.830. The molecule has 1 unspecified atom stereocenters. The molecule has 0 amide bonds. The molecule has 0 spiro atoms. The van der Waals surface area contributed by atoms with Crippen LogP contribution in [0.4, 0.5) is 0 Å². The fraction of sp³-hybridized carbons (Fsp3) is 0.417. The Morgan fingerprint density at radius 2 is 2.00 bits per heavy atom. The van der Waals surface area contributed by atoms with E-state index in [-0.39, 0.29) is 0 Å². The van der Waals surface area contributed by atoms with Gasteiger partial charge in [-0.25, -0.2) is 0 Å². The van der Waals surface area contributed by atoms with Crippen LogP contribution in [0.25, 0.3) is 0 Å². The maximum Gasteiger partial charge on any atom is 0.320 e. The van der Waals surface area contributed by atoms with Gasteiger partial charge in [-0.15, -0.1) is 0 Å². The van der Waals surface area contributed by atoms with Gasteiger partial charge >= 0.3 is 5.97 Å². The summed E-state index contributed by atoms with van der Waals surface area (Å²) in [5, 5.41) is 9.06. The molecule has 0 saturated carbocycles. The van der Waals surface area contributed by atoms with E-state index in [1.54, 1.807) is 0 Å². The van der Waals surface area contributed by atoms with E-state index >= 15 is 0 Å². The number of aliphatic carboxylic acids is 1. The Kier molecular flexibility index (Phi) is 4.33. The number of rotatable bonds is 5. The predicted molar refractivity (Wildman–Crippen MR) is 64.3 cm³/mol. The second-order valence-electron chi connectivity index (χ2n) is 3.61. The molecule has 82 valence electrons. The molecule has 1 rings (SSSR count). The molecule has 2 nitrogen and oxygen atoms in total. The molecule has 0 heterocycles. The lowest BCUT2D eigenvalue weighted by Gasteiger charge is -2.20. The highest BCUT2D eigenvalue weighted by molar-refractivity contribution is 9.10. The van der Waals surface area contributed by atoms with Crippen molar-refractivity contribution in [3.8, 4) is 0 Å². The van der Waals surface area contributed by atoms with Gasteiger partial charge in [-0.2, -0.15) is 0 Å². The third-order valence-electron chi connectivity index (χ3n) is 2.60. The topological polar surface area (TPSA) is 37.3 Å². The van der Waals surface area contributed by atoms with Crippen molar-refractivity contribution in [2.24, 2.45) is 0 Å². The molecular weight excluding hydrogens is 256 g/mol. The molecule has 0 radical (unpaired) electrons. The number of hydrogen-bond acceptors (Lipinski definition) is 1. The predicted octanol–water partition coefficient (Wildman–Crippen LogP) is 3.25. The average molecular weight is 271 g/mol. The number of carboxylic acids is 1. The SMILES string of the molecule is CCC(Br)(CCc1ccccc1)C(=O)O. The number of aryl methyl sites for hydroxylation is 1. The lowest BCUT2D eigenvalue weighted by atomic mass is 9.97. The van der Waals surface area contributed by atoms with Gasteiger partial charge in [-0.05, 0) is 24.8 Å². The van der Waals surface area contributed by atoms with Crippen molar-refractivity contribution in [1.29, 1.82) is 0 Å². The molecule has 0 fully saturated rings. The van der Waals surface area contributed by atoms with Gasteiger partial charge in [-0.3, -0.25) is 4.79 Å². The standard InChI is InChI=1S/C12H15BrO2/c1-2-12(13,11(14)15)9-8-10-6-4-3-5-7-10/h3-7H,2,8-9H2,1H3,(H,14,15). The zero-order valence-corrected chi connectivity index (χ0v) is 10.3. The van der Waals surface area contributed by atoms with Crippen molar-refractivity contribution in [2.75, 3.05) is 0 Å². The molecule has 0 saturated heterocycles. The Morgan fingerprint density at radius 1 is 1.40 bits per heavy atom. The third-order valence-corrected chi connectivity index (χ3v) is 3.89. The van der Waals surface area contributed by atoms with Gasteiger partial charge in [0.05, 0.1) is 0 Å². The average Bonchev–Trinajstić information content (AvgIpc) is 2.27. The summed E-state index contributed by atoms with van der Waals surface area (Å²) in [5.74, 6) is -0.777. The van der Waals surface area contributed by atoms with Gasteiger partial charge in [-0.1, -0.05) is 53.2 Å². The quantitative estimate of drug-likeness (QED) is 0.835. The minimum atomic E-state index is -0.777. The van der Waals surface area contributed by atoms with Crippen molar-refractivity contribution in [1.82, 2.24) is 0 Å². The van der Waals surface area contributed by atoms with Crippen LogP contribution in [0, 0.1) is 0 Å². The van der Waals surface area contributed by atoms with Gasteiger partial charge in [0.15, 0.2) is 0 Å². The van der Waals surface area contributed by atoms with Crippen molar-refractivity contribution in [2.45, 2.75) is 30.5 Å². The van der Waals surface area contributed by atoms with Crippen LogP contribution in [0.1, 0.15) is 25.3 Å². The van der Waals surface area contributed by atoms with Crippen LogP contribution in [0.15, 0.2) is 30.3 Å². The zero-order valence-electron chi connectivity index (χ0n) is 8.74. The summed E-state index contributed by atoms with van der Waals surface area (Å²) in [6.45, 7) is 1.88. The summed E-state index contributed by atoms with van der Waals surface area (Å²) in [6.07, 6.45) is 1.99. The lowest BCUT2D eigenvalue weighted by Crippen LogP contribution is -2.31. The van der Waals surface area contributed by atoms with Gasteiger partial charge in [0.2, 0.25) is 0 Å². The fourth-order valence-electron chi connectivity index (χ4n) is 1.42. The van der Waals surface area contributed by atoms with Gasteiger partial charge in [0, 0.05) is 0 Å². The van der Waals surface area contributed by atoms with E-state index in [4.69, 9.17) is 5.11 Å². The first-order valence-corrected chi connectivity index (χ1v) is 5.84. The van der Waals surface area contributed by atoms with E-state index in [1.165, 1.54) is 5.56 Å².